The zero-order valence-corrected chi connectivity index (χ0v) is 11.3. The van der Waals surface area contributed by atoms with E-state index in [1.54, 1.807) is 12.1 Å². The van der Waals surface area contributed by atoms with Crippen LogP contribution in [0, 0.1) is 5.92 Å². The lowest BCUT2D eigenvalue weighted by Gasteiger charge is -2.06. The molecular weight excluding hydrogens is 258 g/mol. The average Bonchev–Trinajstić information content (AvgIpc) is 3.26. The molecule has 0 bridgehead atoms. The molecule has 0 unspecified atom stereocenters. The molecule has 1 saturated carbocycles. The Morgan fingerprint density at radius 2 is 1.95 bits per heavy atom. The Bertz CT molecular complexity index is 465. The van der Waals surface area contributed by atoms with Crippen molar-refractivity contribution in [1.29, 1.82) is 0 Å². The molecule has 2 N–H and O–H groups in total. The number of hydrogen-bond donors (Lipinski definition) is 2. The topological polar surface area (TPSA) is 75.6 Å². The Kier molecular flexibility index (Phi) is 5.12. The van der Waals surface area contributed by atoms with E-state index in [1.165, 1.54) is 25.0 Å². The van der Waals surface area contributed by atoms with Crippen molar-refractivity contribution < 1.29 is 19.4 Å². The van der Waals surface area contributed by atoms with Crippen molar-refractivity contribution in [3.05, 3.63) is 35.4 Å². The number of ether oxygens (including phenoxy) is 1. The van der Waals surface area contributed by atoms with Gasteiger partial charge in [-0.15, -0.1) is 0 Å². The van der Waals surface area contributed by atoms with E-state index in [1.807, 2.05) is 0 Å². The highest BCUT2D eigenvalue weighted by Gasteiger charge is 2.21. The molecule has 20 heavy (non-hydrogen) atoms. The maximum atomic E-state index is 11.6. The molecule has 1 aromatic rings. The Labute approximate surface area is 117 Å². The molecule has 108 valence electrons. The van der Waals surface area contributed by atoms with Crippen LogP contribution >= 0.6 is 0 Å². The SMILES string of the molecule is O=C(CCOCC1CC1)NCc1ccc(C(=O)O)cc1. The molecule has 1 amide bonds. The van der Waals surface area contributed by atoms with Crippen LogP contribution in [-0.4, -0.2) is 30.2 Å². The highest BCUT2D eigenvalue weighted by atomic mass is 16.5. The molecule has 0 saturated heterocycles. The van der Waals surface area contributed by atoms with Gasteiger partial charge in [-0.25, -0.2) is 4.79 Å². The van der Waals surface area contributed by atoms with Gasteiger partial charge in [0.2, 0.25) is 5.91 Å². The number of carboxylic acids is 1. The Balaban J connectivity index is 1.62. The van der Waals surface area contributed by atoms with Crippen LogP contribution in [-0.2, 0) is 16.1 Å². The molecule has 0 spiro atoms. The van der Waals surface area contributed by atoms with E-state index in [9.17, 15) is 9.59 Å². The standard InChI is InChI=1S/C15H19NO4/c17-14(7-8-20-10-12-1-2-12)16-9-11-3-5-13(6-4-11)15(18)19/h3-6,12H,1-2,7-10H2,(H,16,17)(H,18,19). The molecule has 0 heterocycles. The number of carbonyl (C=O) groups excluding carboxylic acids is 1. The largest absolute Gasteiger partial charge is 0.478 e. The summed E-state index contributed by atoms with van der Waals surface area (Å²) in [5.41, 5.74) is 1.12. The summed E-state index contributed by atoms with van der Waals surface area (Å²) in [5.74, 6) is -0.290. The van der Waals surface area contributed by atoms with Gasteiger partial charge in [0, 0.05) is 19.6 Å². The lowest BCUT2D eigenvalue weighted by Crippen LogP contribution is -2.24. The molecule has 1 aliphatic rings. The Morgan fingerprint density at radius 1 is 1.25 bits per heavy atom. The summed E-state index contributed by atoms with van der Waals surface area (Å²) in [6.45, 7) is 1.63. The second-order valence-corrected chi connectivity index (χ2v) is 5.05. The summed E-state index contributed by atoms with van der Waals surface area (Å²) in [5, 5.41) is 11.6. The first-order chi connectivity index (χ1) is 9.65. The average molecular weight is 277 g/mol. The fourth-order valence-electron chi connectivity index (χ4n) is 1.75. The van der Waals surface area contributed by atoms with E-state index in [-0.39, 0.29) is 11.5 Å². The molecular formula is C15H19NO4. The minimum absolute atomic E-state index is 0.0527. The van der Waals surface area contributed by atoms with E-state index in [4.69, 9.17) is 9.84 Å². The zero-order chi connectivity index (χ0) is 14.4. The quantitative estimate of drug-likeness (QED) is 0.711. The van der Waals surface area contributed by atoms with Gasteiger partial charge in [0.05, 0.1) is 12.2 Å². The lowest BCUT2D eigenvalue weighted by molar-refractivity contribution is -0.122. The second-order valence-electron chi connectivity index (χ2n) is 5.05. The molecule has 1 fully saturated rings. The van der Waals surface area contributed by atoms with Crippen LogP contribution in [0.25, 0.3) is 0 Å². The fourth-order valence-corrected chi connectivity index (χ4v) is 1.75. The van der Waals surface area contributed by atoms with Crippen molar-refractivity contribution in [3.63, 3.8) is 0 Å². The van der Waals surface area contributed by atoms with E-state index in [2.05, 4.69) is 5.32 Å². The minimum atomic E-state index is -0.951. The second kappa shape index (κ2) is 7.05. The van der Waals surface area contributed by atoms with Crippen molar-refractivity contribution in [2.75, 3.05) is 13.2 Å². The monoisotopic (exact) mass is 277 g/mol. The number of aromatic carboxylic acids is 1. The van der Waals surface area contributed by atoms with Gasteiger partial charge in [0.15, 0.2) is 0 Å². The van der Waals surface area contributed by atoms with E-state index in [0.717, 1.165) is 12.2 Å². The Morgan fingerprint density at radius 3 is 2.55 bits per heavy atom. The lowest BCUT2D eigenvalue weighted by atomic mass is 10.1. The van der Waals surface area contributed by atoms with Crippen LogP contribution in [0.4, 0.5) is 0 Å². The third-order valence-corrected chi connectivity index (χ3v) is 3.21. The van der Waals surface area contributed by atoms with Gasteiger partial charge in [-0.05, 0) is 36.5 Å². The highest BCUT2D eigenvalue weighted by molar-refractivity contribution is 5.87. The molecule has 5 heteroatoms. The van der Waals surface area contributed by atoms with Crippen LogP contribution in [0.5, 0.6) is 0 Å². The molecule has 1 aromatic carbocycles. The van der Waals surface area contributed by atoms with Gasteiger partial charge in [-0.2, -0.15) is 0 Å². The first-order valence-corrected chi connectivity index (χ1v) is 6.82. The summed E-state index contributed by atoms with van der Waals surface area (Å²) in [4.78, 5) is 22.3. The minimum Gasteiger partial charge on any atom is -0.478 e. The van der Waals surface area contributed by atoms with Crippen molar-refractivity contribution in [1.82, 2.24) is 5.32 Å². The summed E-state index contributed by atoms with van der Waals surface area (Å²) >= 11 is 0. The van der Waals surface area contributed by atoms with Gasteiger partial charge >= 0.3 is 5.97 Å². The maximum Gasteiger partial charge on any atom is 0.335 e. The predicted octanol–water partition coefficient (Wildman–Crippen LogP) is 1.82. The summed E-state index contributed by atoms with van der Waals surface area (Å²) < 4.78 is 5.40. The number of carboxylic acid groups (broad SMARTS) is 1. The van der Waals surface area contributed by atoms with Crippen molar-refractivity contribution >= 4 is 11.9 Å². The number of amides is 1. The molecule has 0 aliphatic heterocycles. The van der Waals surface area contributed by atoms with Crippen molar-refractivity contribution in [2.45, 2.75) is 25.8 Å². The molecule has 1 aliphatic carbocycles. The summed E-state index contributed by atoms with van der Waals surface area (Å²) in [7, 11) is 0. The van der Waals surface area contributed by atoms with Gasteiger partial charge in [-0.3, -0.25) is 4.79 Å². The van der Waals surface area contributed by atoms with Crippen LogP contribution in [0.15, 0.2) is 24.3 Å². The molecule has 2 rings (SSSR count). The third kappa shape index (κ3) is 5.01. The van der Waals surface area contributed by atoms with E-state index >= 15 is 0 Å². The smallest absolute Gasteiger partial charge is 0.335 e. The van der Waals surface area contributed by atoms with Crippen molar-refractivity contribution in [3.8, 4) is 0 Å². The van der Waals surface area contributed by atoms with Gasteiger partial charge < -0.3 is 15.2 Å². The van der Waals surface area contributed by atoms with Gasteiger partial charge in [0.25, 0.3) is 0 Å². The molecule has 0 radical (unpaired) electrons. The van der Waals surface area contributed by atoms with Crippen LogP contribution in [0.1, 0.15) is 35.2 Å². The first-order valence-electron chi connectivity index (χ1n) is 6.82. The van der Waals surface area contributed by atoms with Gasteiger partial charge in [0.1, 0.15) is 0 Å². The van der Waals surface area contributed by atoms with E-state index in [0.29, 0.717) is 25.5 Å². The summed E-state index contributed by atoms with van der Waals surface area (Å²) in [6.07, 6.45) is 2.86. The van der Waals surface area contributed by atoms with Gasteiger partial charge in [-0.1, -0.05) is 12.1 Å². The number of rotatable bonds is 8. The predicted molar refractivity (Wildman–Crippen MR) is 73.4 cm³/mol. The fraction of sp³-hybridized carbons (Fsp3) is 0.467. The first kappa shape index (κ1) is 14.5. The summed E-state index contributed by atoms with van der Waals surface area (Å²) in [6, 6.07) is 6.46. The molecule has 0 aromatic heterocycles. The normalized spacial score (nSPS) is 14.0. The van der Waals surface area contributed by atoms with Crippen LogP contribution < -0.4 is 5.32 Å². The number of carbonyl (C=O) groups is 2. The number of benzene rings is 1. The molecule has 5 nitrogen and oxygen atoms in total. The Hall–Kier alpha value is -1.88. The zero-order valence-electron chi connectivity index (χ0n) is 11.3. The van der Waals surface area contributed by atoms with Crippen LogP contribution in [0.2, 0.25) is 0 Å². The highest BCUT2D eigenvalue weighted by Crippen LogP contribution is 2.28. The van der Waals surface area contributed by atoms with Crippen LogP contribution in [0.3, 0.4) is 0 Å². The number of hydrogen-bond acceptors (Lipinski definition) is 3. The maximum absolute atomic E-state index is 11.6. The van der Waals surface area contributed by atoms with E-state index < -0.39 is 5.97 Å². The molecule has 0 atom stereocenters. The number of nitrogens with one attached hydrogen (secondary N) is 1. The third-order valence-electron chi connectivity index (χ3n) is 3.21. The van der Waals surface area contributed by atoms with Crippen molar-refractivity contribution in [2.24, 2.45) is 5.92 Å².